The van der Waals surface area contributed by atoms with Gasteiger partial charge in [0.05, 0.1) is 0 Å². The molecule has 3 nitrogen and oxygen atoms in total. The highest BCUT2D eigenvalue weighted by molar-refractivity contribution is 4.95. The van der Waals surface area contributed by atoms with Gasteiger partial charge in [-0.1, -0.05) is 13.8 Å². The monoisotopic (exact) mass is 253 g/mol. The van der Waals surface area contributed by atoms with Gasteiger partial charge >= 0.3 is 0 Å². The molecule has 3 N–H and O–H groups in total. The van der Waals surface area contributed by atoms with Gasteiger partial charge in [0.25, 0.3) is 0 Å². The molecule has 1 aliphatic heterocycles. The SMILES string of the molecule is CCCN1CCCC(CN)(NCC2CC2C)CC1. The van der Waals surface area contributed by atoms with E-state index in [1.54, 1.807) is 0 Å². The lowest BCUT2D eigenvalue weighted by Gasteiger charge is -2.33. The van der Waals surface area contributed by atoms with Gasteiger partial charge in [-0.05, 0) is 70.1 Å². The standard InChI is InChI=1S/C15H31N3/c1-3-7-18-8-4-5-15(12-16,6-9-18)17-11-14-10-13(14)2/h13-14,17H,3-12,16H2,1-2H3. The molecule has 2 aliphatic rings. The molecule has 1 saturated heterocycles. The van der Waals surface area contributed by atoms with Crippen LogP contribution in [0.3, 0.4) is 0 Å². The van der Waals surface area contributed by atoms with Crippen molar-refractivity contribution in [3.8, 4) is 0 Å². The van der Waals surface area contributed by atoms with Crippen molar-refractivity contribution in [3.05, 3.63) is 0 Å². The predicted molar refractivity (Wildman–Crippen MR) is 77.6 cm³/mol. The number of nitrogens with one attached hydrogen (secondary N) is 1. The molecule has 106 valence electrons. The van der Waals surface area contributed by atoms with E-state index in [1.807, 2.05) is 0 Å². The van der Waals surface area contributed by atoms with Crippen LogP contribution < -0.4 is 11.1 Å². The molecule has 0 amide bonds. The first-order valence-electron chi connectivity index (χ1n) is 7.86. The molecule has 0 aromatic carbocycles. The molecule has 0 spiro atoms. The van der Waals surface area contributed by atoms with Crippen molar-refractivity contribution < 1.29 is 0 Å². The van der Waals surface area contributed by atoms with Gasteiger partial charge in [0.2, 0.25) is 0 Å². The lowest BCUT2D eigenvalue weighted by molar-refractivity contribution is 0.256. The molecule has 3 unspecified atom stereocenters. The Bertz CT molecular complexity index is 256. The summed E-state index contributed by atoms with van der Waals surface area (Å²) in [5, 5.41) is 3.83. The molecule has 2 rings (SSSR count). The average Bonchev–Trinajstić information content (AvgIpc) is 3.11. The maximum atomic E-state index is 6.09. The van der Waals surface area contributed by atoms with Gasteiger partial charge < -0.3 is 16.0 Å². The summed E-state index contributed by atoms with van der Waals surface area (Å²) in [7, 11) is 0. The van der Waals surface area contributed by atoms with Crippen LogP contribution in [0.4, 0.5) is 0 Å². The Labute approximate surface area is 112 Å². The number of nitrogens with zero attached hydrogens (tertiary/aromatic N) is 1. The predicted octanol–water partition coefficient (Wildman–Crippen LogP) is 1.83. The van der Waals surface area contributed by atoms with E-state index in [1.165, 1.54) is 58.3 Å². The van der Waals surface area contributed by atoms with Crippen LogP contribution in [0.25, 0.3) is 0 Å². The quantitative estimate of drug-likeness (QED) is 0.759. The van der Waals surface area contributed by atoms with E-state index >= 15 is 0 Å². The van der Waals surface area contributed by atoms with E-state index in [9.17, 15) is 0 Å². The van der Waals surface area contributed by atoms with E-state index in [2.05, 4.69) is 24.1 Å². The normalized spacial score (nSPS) is 37.5. The molecule has 1 saturated carbocycles. The molecule has 2 fully saturated rings. The summed E-state index contributed by atoms with van der Waals surface area (Å²) in [5.74, 6) is 1.86. The molecule has 0 radical (unpaired) electrons. The van der Waals surface area contributed by atoms with Crippen LogP contribution >= 0.6 is 0 Å². The Kier molecular flexibility index (Phi) is 5.05. The van der Waals surface area contributed by atoms with E-state index in [-0.39, 0.29) is 5.54 Å². The number of rotatable bonds is 6. The molecule has 18 heavy (non-hydrogen) atoms. The van der Waals surface area contributed by atoms with Gasteiger partial charge in [0.1, 0.15) is 0 Å². The topological polar surface area (TPSA) is 41.3 Å². The minimum absolute atomic E-state index is 0.227. The van der Waals surface area contributed by atoms with Gasteiger partial charge in [-0.15, -0.1) is 0 Å². The summed E-state index contributed by atoms with van der Waals surface area (Å²) < 4.78 is 0. The first kappa shape index (κ1) is 14.3. The second kappa shape index (κ2) is 6.36. The maximum absolute atomic E-state index is 6.09. The second-order valence-electron chi connectivity index (χ2n) is 6.53. The number of nitrogens with two attached hydrogens (primary N) is 1. The van der Waals surface area contributed by atoms with Crippen molar-refractivity contribution >= 4 is 0 Å². The number of hydrogen-bond donors (Lipinski definition) is 2. The van der Waals surface area contributed by atoms with Crippen LogP contribution in [0, 0.1) is 11.8 Å². The summed E-state index contributed by atoms with van der Waals surface area (Å²) in [6.45, 7) is 10.3. The third-order valence-electron chi connectivity index (χ3n) is 4.98. The van der Waals surface area contributed by atoms with Crippen LogP contribution in [0.15, 0.2) is 0 Å². The van der Waals surface area contributed by atoms with Gasteiger partial charge in [0.15, 0.2) is 0 Å². The maximum Gasteiger partial charge on any atom is 0.0316 e. The van der Waals surface area contributed by atoms with Crippen molar-refractivity contribution in [3.63, 3.8) is 0 Å². The lowest BCUT2D eigenvalue weighted by Crippen LogP contribution is -2.52. The average molecular weight is 253 g/mol. The first-order valence-corrected chi connectivity index (χ1v) is 7.86. The van der Waals surface area contributed by atoms with E-state index in [0.717, 1.165) is 18.4 Å². The zero-order valence-corrected chi connectivity index (χ0v) is 12.3. The fourth-order valence-corrected chi connectivity index (χ4v) is 3.27. The fraction of sp³-hybridized carbons (Fsp3) is 1.00. The highest BCUT2D eigenvalue weighted by atomic mass is 15.1. The summed E-state index contributed by atoms with van der Waals surface area (Å²) in [4.78, 5) is 2.61. The van der Waals surface area contributed by atoms with Gasteiger partial charge in [-0.3, -0.25) is 0 Å². The zero-order chi connectivity index (χ0) is 13.0. The Balaban J connectivity index is 1.82. The van der Waals surface area contributed by atoms with Crippen molar-refractivity contribution in [1.29, 1.82) is 0 Å². The Morgan fingerprint density at radius 2 is 2.11 bits per heavy atom. The molecule has 0 aromatic heterocycles. The van der Waals surface area contributed by atoms with Gasteiger partial charge in [-0.2, -0.15) is 0 Å². The van der Waals surface area contributed by atoms with Crippen LogP contribution in [0.1, 0.15) is 46.0 Å². The van der Waals surface area contributed by atoms with E-state index in [0.29, 0.717) is 0 Å². The van der Waals surface area contributed by atoms with Gasteiger partial charge in [-0.25, -0.2) is 0 Å². The molecule has 3 heteroatoms. The Morgan fingerprint density at radius 1 is 1.33 bits per heavy atom. The zero-order valence-electron chi connectivity index (χ0n) is 12.3. The molecular formula is C15H31N3. The largest absolute Gasteiger partial charge is 0.329 e. The summed E-state index contributed by atoms with van der Waals surface area (Å²) in [5.41, 5.74) is 6.31. The molecule has 0 bridgehead atoms. The molecule has 1 heterocycles. The molecule has 3 atom stereocenters. The first-order chi connectivity index (χ1) is 8.69. The molecule has 0 aromatic rings. The van der Waals surface area contributed by atoms with Crippen LogP contribution in [-0.4, -0.2) is 43.2 Å². The molecule has 1 aliphatic carbocycles. The van der Waals surface area contributed by atoms with Crippen LogP contribution in [-0.2, 0) is 0 Å². The highest BCUT2D eigenvalue weighted by Gasteiger charge is 2.36. The number of hydrogen-bond acceptors (Lipinski definition) is 3. The fourth-order valence-electron chi connectivity index (χ4n) is 3.27. The number of likely N-dealkylation sites (tertiary alicyclic amines) is 1. The van der Waals surface area contributed by atoms with E-state index in [4.69, 9.17) is 5.73 Å². The second-order valence-corrected chi connectivity index (χ2v) is 6.53. The minimum atomic E-state index is 0.227. The highest BCUT2D eigenvalue weighted by Crippen LogP contribution is 2.37. The van der Waals surface area contributed by atoms with Crippen molar-refractivity contribution in [2.24, 2.45) is 17.6 Å². The smallest absolute Gasteiger partial charge is 0.0316 e. The summed E-state index contributed by atoms with van der Waals surface area (Å²) in [6, 6.07) is 0. The van der Waals surface area contributed by atoms with Crippen LogP contribution in [0.5, 0.6) is 0 Å². The van der Waals surface area contributed by atoms with Gasteiger partial charge in [0, 0.05) is 12.1 Å². The minimum Gasteiger partial charge on any atom is -0.329 e. The molecular weight excluding hydrogens is 222 g/mol. The third-order valence-corrected chi connectivity index (χ3v) is 4.98. The van der Waals surface area contributed by atoms with Crippen molar-refractivity contribution in [1.82, 2.24) is 10.2 Å². The van der Waals surface area contributed by atoms with E-state index < -0.39 is 0 Å². The lowest BCUT2D eigenvalue weighted by atomic mass is 9.90. The Hall–Kier alpha value is -0.120. The summed E-state index contributed by atoms with van der Waals surface area (Å²) >= 11 is 0. The summed E-state index contributed by atoms with van der Waals surface area (Å²) in [6.07, 6.45) is 6.46. The Morgan fingerprint density at radius 3 is 2.72 bits per heavy atom. The van der Waals surface area contributed by atoms with Crippen LogP contribution in [0.2, 0.25) is 0 Å². The third kappa shape index (κ3) is 3.69. The van der Waals surface area contributed by atoms with Crippen molar-refractivity contribution in [2.45, 2.75) is 51.5 Å². The van der Waals surface area contributed by atoms with Crippen molar-refractivity contribution in [2.75, 3.05) is 32.7 Å².